The maximum atomic E-state index is 13.9. The first-order valence-corrected chi connectivity index (χ1v) is 12.6. The van der Waals surface area contributed by atoms with Gasteiger partial charge >= 0.3 is 6.18 Å². The molecule has 4 N–H and O–H groups in total. The number of aryl methyl sites for hydroxylation is 1. The van der Waals surface area contributed by atoms with Crippen LogP contribution in [0.15, 0.2) is 30.3 Å². The number of fused-ring (bicyclic) bond motifs is 2. The molecule has 1 aromatic carbocycles. The molecule has 2 saturated heterocycles. The molecule has 9 heteroatoms. The molecule has 0 saturated carbocycles. The number of hydrogen-bond donors (Lipinski definition) is 2. The number of alkyl halides is 3. The number of aromatic nitrogens is 1. The molecule has 2 fully saturated rings. The van der Waals surface area contributed by atoms with Gasteiger partial charge in [-0.05, 0) is 31.2 Å². The Bertz CT molecular complexity index is 1010. The fraction of sp³-hybridized carbons (Fsp3) is 0.583. The summed E-state index contributed by atoms with van der Waals surface area (Å²) in [5.41, 5.74) is 1.77. The van der Waals surface area contributed by atoms with Gasteiger partial charge < -0.3 is 15.5 Å². The summed E-state index contributed by atoms with van der Waals surface area (Å²) in [6.45, 7) is 5.38. The van der Waals surface area contributed by atoms with Crippen molar-refractivity contribution in [2.75, 3.05) is 26.2 Å². The summed E-state index contributed by atoms with van der Waals surface area (Å²) in [7, 11) is 0. The second-order valence-corrected chi connectivity index (χ2v) is 11.0. The van der Waals surface area contributed by atoms with Crippen LogP contribution in [0, 0.1) is 12.8 Å². The van der Waals surface area contributed by atoms with Gasteiger partial charge in [0.05, 0.1) is 35.9 Å². The van der Waals surface area contributed by atoms with Crippen molar-refractivity contribution in [1.29, 1.82) is 0 Å². The van der Waals surface area contributed by atoms with Gasteiger partial charge in [0.25, 0.3) is 0 Å². The van der Waals surface area contributed by atoms with Gasteiger partial charge in [-0.25, -0.2) is 4.98 Å². The average molecular weight is 481 g/mol. The molecule has 0 radical (unpaired) electrons. The van der Waals surface area contributed by atoms with Crippen molar-refractivity contribution in [2.24, 2.45) is 5.92 Å². The van der Waals surface area contributed by atoms with Gasteiger partial charge in [-0.1, -0.05) is 30.3 Å². The van der Waals surface area contributed by atoms with E-state index in [4.69, 9.17) is 0 Å². The molecule has 1 aromatic heterocycles. The molecule has 5 rings (SSSR count). The summed E-state index contributed by atoms with van der Waals surface area (Å²) in [5, 5.41) is 5.36. The van der Waals surface area contributed by atoms with E-state index in [0.717, 1.165) is 35.9 Å². The van der Waals surface area contributed by atoms with Crippen LogP contribution in [0.2, 0.25) is 0 Å². The zero-order valence-electron chi connectivity index (χ0n) is 18.8. The number of piperidine rings is 1. The van der Waals surface area contributed by atoms with Gasteiger partial charge in [0.2, 0.25) is 5.91 Å². The number of quaternary nitrogens is 2. The van der Waals surface area contributed by atoms with E-state index in [1.165, 1.54) is 4.88 Å². The zero-order chi connectivity index (χ0) is 23.2. The van der Waals surface area contributed by atoms with E-state index in [1.807, 2.05) is 37.3 Å². The lowest BCUT2D eigenvalue weighted by Gasteiger charge is -2.43. The molecular weight excluding hydrogens is 449 g/mol. The van der Waals surface area contributed by atoms with Crippen molar-refractivity contribution < 1.29 is 28.6 Å². The molecule has 0 bridgehead atoms. The number of likely N-dealkylation sites (tertiary alicyclic amines) is 1. The Labute approximate surface area is 195 Å². The molecule has 0 unspecified atom stereocenters. The van der Waals surface area contributed by atoms with Gasteiger partial charge in [0.15, 0.2) is 0 Å². The van der Waals surface area contributed by atoms with Crippen molar-refractivity contribution in [1.82, 2.24) is 9.88 Å². The molecule has 1 amide bonds. The fourth-order valence-corrected chi connectivity index (χ4v) is 7.49. The van der Waals surface area contributed by atoms with Gasteiger partial charge in [0.1, 0.15) is 23.6 Å². The Morgan fingerprint density at radius 2 is 2.00 bits per heavy atom. The lowest BCUT2D eigenvalue weighted by Crippen LogP contribution is -2.91. The molecule has 178 valence electrons. The SMILES string of the molecule is Cc1nc2c(s1)[C@]1(C[NH2+]C2)C[NH2+]C[C@H]1C(=O)N1CC[C@@H](c2ccccc2)C[C@H]1CC(F)(F)F. The second kappa shape index (κ2) is 8.67. The summed E-state index contributed by atoms with van der Waals surface area (Å²) in [4.78, 5) is 21.4. The second-order valence-electron chi connectivity index (χ2n) is 9.78. The van der Waals surface area contributed by atoms with E-state index in [-0.39, 0.29) is 23.2 Å². The quantitative estimate of drug-likeness (QED) is 0.702. The molecule has 0 aliphatic carbocycles. The van der Waals surface area contributed by atoms with Gasteiger partial charge in [-0.3, -0.25) is 4.79 Å². The van der Waals surface area contributed by atoms with E-state index in [0.29, 0.717) is 25.9 Å². The molecule has 4 heterocycles. The third-order valence-electron chi connectivity index (χ3n) is 7.72. The van der Waals surface area contributed by atoms with E-state index in [1.54, 1.807) is 16.2 Å². The molecule has 3 aliphatic heterocycles. The minimum atomic E-state index is -4.30. The summed E-state index contributed by atoms with van der Waals surface area (Å²) in [6, 6.07) is 8.93. The Morgan fingerprint density at radius 1 is 1.24 bits per heavy atom. The number of benzene rings is 1. The van der Waals surface area contributed by atoms with Gasteiger partial charge in [-0.2, -0.15) is 13.2 Å². The Morgan fingerprint density at radius 3 is 2.76 bits per heavy atom. The molecule has 5 nitrogen and oxygen atoms in total. The highest BCUT2D eigenvalue weighted by molar-refractivity contribution is 7.11. The lowest BCUT2D eigenvalue weighted by molar-refractivity contribution is -0.691. The first-order valence-electron chi connectivity index (χ1n) is 11.8. The predicted molar refractivity (Wildman–Crippen MR) is 119 cm³/mol. The number of carbonyl (C=O) groups excluding carboxylic acids is 1. The van der Waals surface area contributed by atoms with Crippen LogP contribution < -0.4 is 10.6 Å². The average Bonchev–Trinajstić information content (AvgIpc) is 3.37. The molecular formula is C24H31F3N4OS+2. The van der Waals surface area contributed by atoms with Crippen molar-refractivity contribution >= 4 is 17.2 Å². The van der Waals surface area contributed by atoms with E-state index in [9.17, 15) is 18.0 Å². The fourth-order valence-electron chi connectivity index (χ4n) is 6.28. The molecule has 33 heavy (non-hydrogen) atoms. The normalized spacial score (nSPS) is 29.9. The highest BCUT2D eigenvalue weighted by atomic mass is 32.1. The van der Waals surface area contributed by atoms with Crippen LogP contribution in [-0.2, 0) is 16.8 Å². The van der Waals surface area contributed by atoms with Crippen LogP contribution in [0.25, 0.3) is 0 Å². The lowest BCUT2D eigenvalue weighted by atomic mass is 9.73. The van der Waals surface area contributed by atoms with E-state index in [2.05, 4.69) is 15.6 Å². The maximum absolute atomic E-state index is 13.9. The molecule has 3 aliphatic rings. The smallest absolute Gasteiger partial charge is 0.345 e. The number of halogens is 3. The molecule has 2 aromatic rings. The highest BCUT2D eigenvalue weighted by Crippen LogP contribution is 2.43. The summed E-state index contributed by atoms with van der Waals surface area (Å²) < 4.78 is 40.7. The summed E-state index contributed by atoms with van der Waals surface area (Å²) in [5.74, 6) is -0.362. The monoisotopic (exact) mass is 480 g/mol. The van der Waals surface area contributed by atoms with Crippen LogP contribution >= 0.6 is 11.3 Å². The number of nitrogens with two attached hydrogens (primary N) is 2. The zero-order valence-corrected chi connectivity index (χ0v) is 19.6. The van der Waals surface area contributed by atoms with Gasteiger partial charge in [0, 0.05) is 12.6 Å². The maximum Gasteiger partial charge on any atom is 0.391 e. The topological polar surface area (TPSA) is 66.4 Å². The van der Waals surface area contributed by atoms with Crippen molar-refractivity contribution in [3.8, 4) is 0 Å². The number of nitrogens with zero attached hydrogens (tertiary/aromatic N) is 2. The first kappa shape index (κ1) is 22.8. The Hall–Kier alpha value is -1.97. The highest BCUT2D eigenvalue weighted by Gasteiger charge is 2.58. The largest absolute Gasteiger partial charge is 0.391 e. The first-order chi connectivity index (χ1) is 15.8. The van der Waals surface area contributed by atoms with Gasteiger partial charge in [-0.15, -0.1) is 11.3 Å². The predicted octanol–water partition coefficient (Wildman–Crippen LogP) is 1.69. The Kier molecular flexibility index (Phi) is 5.99. The van der Waals surface area contributed by atoms with E-state index >= 15 is 0 Å². The molecule has 1 spiro atoms. The minimum absolute atomic E-state index is 0.0467. The van der Waals surface area contributed by atoms with Crippen LogP contribution in [-0.4, -0.2) is 54.2 Å². The van der Waals surface area contributed by atoms with Crippen LogP contribution in [0.4, 0.5) is 13.2 Å². The van der Waals surface area contributed by atoms with Crippen molar-refractivity contribution in [2.45, 2.75) is 56.3 Å². The third-order valence-corrected chi connectivity index (χ3v) is 8.95. The Balaban J connectivity index is 1.43. The number of rotatable bonds is 3. The van der Waals surface area contributed by atoms with Crippen LogP contribution in [0.1, 0.15) is 46.3 Å². The number of amides is 1. The van der Waals surface area contributed by atoms with Crippen molar-refractivity contribution in [3.63, 3.8) is 0 Å². The number of carbonyl (C=O) groups is 1. The van der Waals surface area contributed by atoms with E-state index < -0.39 is 18.6 Å². The van der Waals surface area contributed by atoms with Crippen LogP contribution in [0.5, 0.6) is 0 Å². The summed E-state index contributed by atoms with van der Waals surface area (Å²) >= 11 is 1.66. The van der Waals surface area contributed by atoms with Crippen molar-refractivity contribution in [3.05, 3.63) is 51.5 Å². The number of hydrogen-bond acceptors (Lipinski definition) is 3. The minimum Gasteiger partial charge on any atom is -0.345 e. The third kappa shape index (κ3) is 4.31. The molecule has 4 atom stereocenters. The summed E-state index contributed by atoms with van der Waals surface area (Å²) in [6.07, 6.45) is -4.19. The number of thiazole rings is 1. The van der Waals surface area contributed by atoms with Crippen LogP contribution in [0.3, 0.4) is 0 Å². The standard InChI is InChI=1S/C24H29F3N4OS/c1-15-30-20-12-29-14-23(21(20)33-15)13-28-11-19(23)22(32)31-8-7-17(16-5-3-2-4-6-16)9-18(31)10-24(25,26)27/h2-6,17-19,28-29H,7-14H2,1H3/p+2/t17-,18+,19+,23+/m1/s1.